The molecule has 3 N–H and O–H groups in total. The number of nitrogens with two attached hydrogens (primary N) is 1. The van der Waals surface area contributed by atoms with Crippen LogP contribution in [0.3, 0.4) is 0 Å². The van der Waals surface area contributed by atoms with Gasteiger partial charge in [0.05, 0.1) is 17.4 Å². The third-order valence-electron chi connectivity index (χ3n) is 7.39. The summed E-state index contributed by atoms with van der Waals surface area (Å²) in [7, 11) is 1.76. The minimum Gasteiger partial charge on any atom is -0.405 e. The number of pyridine rings is 2. The average Bonchev–Trinajstić information content (AvgIpc) is 3.25. The van der Waals surface area contributed by atoms with E-state index in [1.807, 2.05) is 12.3 Å². The molecule has 7 nitrogen and oxygen atoms in total. The van der Waals surface area contributed by atoms with Crippen LogP contribution in [0.5, 0.6) is 0 Å². The van der Waals surface area contributed by atoms with Crippen molar-refractivity contribution in [2.75, 3.05) is 12.1 Å². The summed E-state index contributed by atoms with van der Waals surface area (Å²) in [4.78, 5) is 15.2. The monoisotopic (exact) mass is 498 g/mol. The maximum Gasteiger partial charge on any atom is 0.272 e. The zero-order valence-corrected chi connectivity index (χ0v) is 21.8. The number of allylic oxidation sites excluding steroid dienone is 1. The predicted molar refractivity (Wildman–Crippen MR) is 148 cm³/mol. The first kappa shape index (κ1) is 24.5. The highest BCUT2D eigenvalue weighted by atomic mass is 32.1. The summed E-state index contributed by atoms with van der Waals surface area (Å²) in [6, 6.07) is 4.35. The molecule has 1 aliphatic heterocycles. The predicted octanol–water partition coefficient (Wildman–Crippen LogP) is 5.32. The lowest BCUT2D eigenvalue weighted by Gasteiger charge is -2.34. The Bertz CT molecular complexity index is 1400. The normalized spacial score (nSPS) is 16.4. The molecule has 1 fully saturated rings. The van der Waals surface area contributed by atoms with Gasteiger partial charge in [-0.3, -0.25) is 15.2 Å². The number of anilines is 1. The van der Waals surface area contributed by atoms with Crippen LogP contribution in [-0.4, -0.2) is 40.7 Å². The first-order valence-electron chi connectivity index (χ1n) is 12.6. The van der Waals surface area contributed by atoms with Crippen molar-refractivity contribution in [2.24, 2.45) is 10.7 Å². The molecule has 0 spiro atoms. The fraction of sp³-hybridized carbons (Fsp3) is 0.407. The van der Waals surface area contributed by atoms with Gasteiger partial charge in [0.25, 0.3) is 6.71 Å². The Morgan fingerprint density at radius 1 is 1.39 bits per heavy atom. The number of thiophene rings is 1. The summed E-state index contributed by atoms with van der Waals surface area (Å²) in [5, 5.41) is 23.9. The second-order valence-corrected chi connectivity index (χ2v) is 11.0. The Balaban J connectivity index is 1.72. The van der Waals surface area contributed by atoms with Crippen molar-refractivity contribution in [3.05, 3.63) is 53.0 Å². The van der Waals surface area contributed by atoms with Crippen LogP contribution in [0, 0.1) is 11.2 Å². The van der Waals surface area contributed by atoms with E-state index in [9.17, 15) is 10.5 Å². The molecule has 1 saturated carbocycles. The highest BCUT2D eigenvalue weighted by Crippen LogP contribution is 2.46. The second-order valence-electron chi connectivity index (χ2n) is 10.0. The maximum absolute atomic E-state index is 11.1. The van der Waals surface area contributed by atoms with E-state index in [1.165, 1.54) is 22.6 Å². The number of hydrogen-bond donors (Lipinski definition) is 2. The van der Waals surface area contributed by atoms with Crippen LogP contribution in [-0.2, 0) is 12.7 Å². The van der Waals surface area contributed by atoms with Crippen LogP contribution < -0.4 is 10.8 Å². The number of nitrogens with zero attached hydrogens (tertiary/aromatic N) is 5. The fourth-order valence-corrected chi connectivity index (χ4v) is 6.55. The molecule has 9 heteroatoms. The number of aliphatic imine (C=N–C) groups is 1. The van der Waals surface area contributed by atoms with Crippen molar-refractivity contribution in [1.82, 2.24) is 9.97 Å². The zero-order valence-electron chi connectivity index (χ0n) is 21.0. The van der Waals surface area contributed by atoms with E-state index in [-0.39, 0.29) is 18.7 Å². The molecule has 3 aromatic rings. The summed E-state index contributed by atoms with van der Waals surface area (Å²) < 4.78 is 0. The zero-order chi connectivity index (χ0) is 25.4. The van der Waals surface area contributed by atoms with Gasteiger partial charge in [-0.1, -0.05) is 31.5 Å². The highest BCUT2D eigenvalue weighted by molar-refractivity contribution is 7.22. The molecule has 5 rings (SSSR count). The Hall–Kier alpha value is -3.22. The van der Waals surface area contributed by atoms with Crippen molar-refractivity contribution < 1.29 is 5.21 Å². The maximum atomic E-state index is 11.1. The van der Waals surface area contributed by atoms with E-state index in [2.05, 4.69) is 36.9 Å². The van der Waals surface area contributed by atoms with E-state index < -0.39 is 0 Å². The molecule has 0 unspecified atom stereocenters. The molecule has 0 amide bonds. The van der Waals surface area contributed by atoms with Gasteiger partial charge in [0.15, 0.2) is 0 Å². The molecule has 0 radical (unpaired) electrons. The Morgan fingerprint density at radius 3 is 2.83 bits per heavy atom. The van der Waals surface area contributed by atoms with E-state index in [4.69, 9.17) is 15.7 Å². The van der Waals surface area contributed by atoms with Crippen LogP contribution in [0.2, 0.25) is 6.32 Å². The molecule has 0 atom stereocenters. The summed E-state index contributed by atoms with van der Waals surface area (Å²) >= 11 is 1.53. The Morgan fingerprint density at radius 2 is 2.19 bits per heavy atom. The van der Waals surface area contributed by atoms with Crippen LogP contribution in [0.4, 0.5) is 5.00 Å². The van der Waals surface area contributed by atoms with Crippen molar-refractivity contribution in [1.29, 1.82) is 5.26 Å². The van der Waals surface area contributed by atoms with Gasteiger partial charge in [-0.15, -0.1) is 0 Å². The summed E-state index contributed by atoms with van der Waals surface area (Å²) in [6.07, 6.45) is 10.8. The number of nitriles is 1. The lowest BCUT2D eigenvalue weighted by atomic mass is 9.42. The number of hydrogen-bond acceptors (Lipinski definition) is 8. The molecule has 0 aromatic carbocycles. The quantitative estimate of drug-likeness (QED) is 0.270. The van der Waals surface area contributed by atoms with Crippen molar-refractivity contribution in [3.63, 3.8) is 0 Å². The van der Waals surface area contributed by atoms with E-state index in [1.54, 1.807) is 7.05 Å². The van der Waals surface area contributed by atoms with Gasteiger partial charge in [0.2, 0.25) is 0 Å². The standard InChI is InChI=1S/C27H31BN6OS/c1-16(2)24-25-20(22(31-3)8-10-29)12-23(33-26(25)36-27(24)34(35)19-5-4-6-19)18-11-17-13-28(15-30)9-7-21(17)32-14-18/h8,10-12,14,16,19,35H,4-7,9,13,29H2,1-3H3. The molecular formula is C27H31BN6OS. The number of aromatic nitrogens is 2. The Kier molecular flexibility index (Phi) is 6.82. The van der Waals surface area contributed by atoms with Crippen molar-refractivity contribution in [3.8, 4) is 17.2 Å². The molecule has 1 aliphatic carbocycles. The third kappa shape index (κ3) is 4.29. The van der Waals surface area contributed by atoms with Gasteiger partial charge in [0, 0.05) is 47.0 Å². The summed E-state index contributed by atoms with van der Waals surface area (Å²) in [6.45, 7) is 4.33. The van der Waals surface area contributed by atoms with E-state index in [0.29, 0.717) is 0 Å². The fourth-order valence-electron chi connectivity index (χ4n) is 5.21. The first-order valence-corrected chi connectivity index (χ1v) is 13.5. The van der Waals surface area contributed by atoms with Gasteiger partial charge in [0.1, 0.15) is 9.83 Å². The first-order chi connectivity index (χ1) is 17.4. The van der Waals surface area contributed by atoms with E-state index >= 15 is 0 Å². The van der Waals surface area contributed by atoms with Gasteiger partial charge in [-0.25, -0.2) is 15.3 Å². The lowest BCUT2D eigenvalue weighted by molar-refractivity contribution is 0.172. The second kappa shape index (κ2) is 10.0. The lowest BCUT2D eigenvalue weighted by Crippen LogP contribution is -2.37. The molecule has 4 heterocycles. The number of aryl methyl sites for hydroxylation is 1. The third-order valence-corrected chi connectivity index (χ3v) is 8.48. The summed E-state index contributed by atoms with van der Waals surface area (Å²) in [5.74, 6) is 2.60. The van der Waals surface area contributed by atoms with Gasteiger partial charge < -0.3 is 5.73 Å². The number of rotatable bonds is 6. The minimum absolute atomic E-state index is 0.0320. The Labute approximate surface area is 216 Å². The molecule has 184 valence electrons. The van der Waals surface area contributed by atoms with Crippen LogP contribution in [0.15, 0.2) is 35.6 Å². The molecule has 36 heavy (non-hydrogen) atoms. The number of fused-ring (bicyclic) bond motifs is 2. The molecule has 2 aliphatic rings. The SMILES string of the molecule is CN=C(C=CN)c1cc(-c2cnc3c(c2)CB(C#N)CC3)nc2sc(N(O)C3CCC3)c(C(C)C)c12. The minimum atomic E-state index is 0.0320. The van der Waals surface area contributed by atoms with Crippen LogP contribution >= 0.6 is 11.3 Å². The van der Waals surface area contributed by atoms with Crippen LogP contribution in [0.25, 0.3) is 21.5 Å². The molecule has 0 saturated heterocycles. The van der Waals surface area contributed by atoms with Crippen molar-refractivity contribution >= 4 is 39.0 Å². The van der Waals surface area contributed by atoms with Crippen LogP contribution in [0.1, 0.15) is 61.4 Å². The topological polar surface area (TPSA) is 111 Å². The van der Waals surface area contributed by atoms with E-state index in [0.717, 1.165) is 92.9 Å². The smallest absolute Gasteiger partial charge is 0.272 e. The number of hydroxylamine groups is 1. The van der Waals surface area contributed by atoms with Crippen molar-refractivity contribution in [2.45, 2.75) is 64.1 Å². The largest absolute Gasteiger partial charge is 0.405 e. The van der Waals surface area contributed by atoms with Gasteiger partial charge in [-0.05, 0) is 67.9 Å². The summed E-state index contributed by atoms with van der Waals surface area (Å²) in [5.41, 5.74) is 12.5. The van der Waals surface area contributed by atoms with Gasteiger partial charge in [-0.2, -0.15) is 0 Å². The molecular weight excluding hydrogens is 467 g/mol. The van der Waals surface area contributed by atoms with Gasteiger partial charge >= 0.3 is 0 Å². The average molecular weight is 498 g/mol. The molecule has 3 aromatic heterocycles. The molecule has 0 bridgehead atoms. The highest BCUT2D eigenvalue weighted by Gasteiger charge is 2.31.